The lowest BCUT2D eigenvalue weighted by Crippen LogP contribution is -2.52. The molecule has 0 bridgehead atoms. The minimum absolute atomic E-state index is 0.00449. The Morgan fingerprint density at radius 2 is 1.82 bits per heavy atom. The molecule has 2 aromatic rings. The molecule has 13 heteroatoms. The van der Waals surface area contributed by atoms with E-state index in [1.165, 1.54) is 11.8 Å². The summed E-state index contributed by atoms with van der Waals surface area (Å²) in [4.78, 5) is 27.9. The molecule has 3 rings (SSSR count). The second-order valence-corrected chi connectivity index (χ2v) is 12.5. The zero-order valence-corrected chi connectivity index (χ0v) is 23.9. The first-order chi connectivity index (χ1) is 17.7. The molecule has 0 unspecified atom stereocenters. The number of carbonyl (C=O) groups is 2. The molecule has 1 saturated carbocycles. The molecule has 0 aromatic heterocycles. The number of sulfonamides is 1. The second-order valence-electron chi connectivity index (χ2n) is 9.25. The van der Waals surface area contributed by atoms with Gasteiger partial charge in [0, 0.05) is 17.1 Å². The highest BCUT2D eigenvalue weighted by Crippen LogP contribution is 2.37. The van der Waals surface area contributed by atoms with Gasteiger partial charge in [0.2, 0.25) is 21.8 Å². The van der Waals surface area contributed by atoms with Gasteiger partial charge in [0.15, 0.2) is 0 Å². The highest BCUT2D eigenvalue weighted by molar-refractivity contribution is 9.10. The van der Waals surface area contributed by atoms with Gasteiger partial charge in [0.25, 0.3) is 0 Å². The first-order valence-corrected chi connectivity index (χ1v) is 14.9. The van der Waals surface area contributed by atoms with Gasteiger partial charge in [0.05, 0.1) is 22.5 Å². The minimum Gasteiger partial charge on any atom is -0.352 e. The summed E-state index contributed by atoms with van der Waals surface area (Å²) >= 11 is 9.06. The summed E-state index contributed by atoms with van der Waals surface area (Å²) in [6.45, 7) is 0.700. The number of amides is 2. The number of nitrogens with zero attached hydrogens (tertiary/aromatic N) is 2. The summed E-state index contributed by atoms with van der Waals surface area (Å²) < 4.78 is 66.9. The Hall–Kier alpha value is -2.31. The van der Waals surface area contributed by atoms with Crippen LogP contribution in [-0.2, 0) is 32.3 Å². The van der Waals surface area contributed by atoms with Crippen LogP contribution in [0.2, 0.25) is 5.02 Å². The fraction of sp³-hybridized carbons (Fsp3) is 0.440. The molecule has 0 aliphatic heterocycles. The van der Waals surface area contributed by atoms with Gasteiger partial charge in [-0.2, -0.15) is 13.2 Å². The number of hydrogen-bond acceptors (Lipinski definition) is 4. The van der Waals surface area contributed by atoms with E-state index in [-0.39, 0.29) is 18.3 Å². The summed E-state index contributed by atoms with van der Waals surface area (Å²) in [5.74, 6) is -1.15. The molecule has 1 atom stereocenters. The molecule has 38 heavy (non-hydrogen) atoms. The average molecular weight is 639 g/mol. The maximum atomic E-state index is 13.6. The third kappa shape index (κ3) is 7.86. The molecule has 1 aliphatic carbocycles. The SMILES string of the molecule is C[C@H](C(=O)NC1CCCC1)N(Cc1cccc(Br)c1)C(=O)CN(c1ccc(Cl)c(C(F)(F)F)c1)S(C)(=O)=O. The minimum atomic E-state index is -4.83. The van der Waals surface area contributed by atoms with Gasteiger partial charge in [-0.25, -0.2) is 8.42 Å². The Morgan fingerprint density at radius 3 is 2.39 bits per heavy atom. The van der Waals surface area contributed by atoms with Crippen LogP contribution in [0.3, 0.4) is 0 Å². The molecule has 7 nitrogen and oxygen atoms in total. The Balaban J connectivity index is 1.94. The smallest absolute Gasteiger partial charge is 0.352 e. The number of rotatable bonds is 9. The largest absolute Gasteiger partial charge is 0.417 e. The monoisotopic (exact) mass is 637 g/mol. The van der Waals surface area contributed by atoms with Gasteiger partial charge in [-0.05, 0) is 55.7 Å². The number of carbonyl (C=O) groups excluding carboxylic acids is 2. The molecule has 0 heterocycles. The van der Waals surface area contributed by atoms with E-state index < -0.39 is 51.2 Å². The van der Waals surface area contributed by atoms with Gasteiger partial charge < -0.3 is 10.2 Å². The first-order valence-electron chi connectivity index (χ1n) is 11.9. The summed E-state index contributed by atoms with van der Waals surface area (Å²) in [6, 6.07) is 8.68. The van der Waals surface area contributed by atoms with E-state index in [4.69, 9.17) is 11.6 Å². The fourth-order valence-corrected chi connectivity index (χ4v) is 5.82. The van der Waals surface area contributed by atoms with Crippen LogP contribution >= 0.6 is 27.5 Å². The van der Waals surface area contributed by atoms with Crippen molar-refractivity contribution in [3.8, 4) is 0 Å². The quantitative estimate of drug-likeness (QED) is 0.401. The predicted octanol–water partition coefficient (Wildman–Crippen LogP) is 5.36. The molecular formula is C25H28BrClF3N3O4S. The lowest BCUT2D eigenvalue weighted by atomic mass is 10.1. The van der Waals surface area contributed by atoms with Gasteiger partial charge in [-0.1, -0.05) is 52.5 Å². The Kier molecular flexibility index (Phi) is 9.75. The average Bonchev–Trinajstić information content (AvgIpc) is 3.32. The van der Waals surface area contributed by atoms with E-state index in [1.54, 1.807) is 24.3 Å². The van der Waals surface area contributed by atoms with Crippen LogP contribution in [-0.4, -0.2) is 50.0 Å². The fourth-order valence-electron chi connectivity index (χ4n) is 4.31. The Labute approximate surface area is 233 Å². The standard InChI is InChI=1S/C25H28BrClF3N3O4S/c1-16(24(35)31-19-8-3-4-9-19)32(14-17-6-5-7-18(26)12-17)23(34)15-33(38(2,36)37)20-10-11-22(27)21(13-20)25(28,29)30/h5-7,10-13,16,19H,3-4,8-9,14-15H2,1-2H3,(H,31,35)/t16-/m1/s1. The van der Waals surface area contributed by atoms with Crippen LogP contribution < -0.4 is 9.62 Å². The topological polar surface area (TPSA) is 86.8 Å². The number of anilines is 1. The van der Waals surface area contributed by atoms with Gasteiger partial charge in [-0.3, -0.25) is 13.9 Å². The second kappa shape index (κ2) is 12.3. The van der Waals surface area contributed by atoms with Crippen LogP contribution in [0.5, 0.6) is 0 Å². The van der Waals surface area contributed by atoms with Crippen LogP contribution in [0.25, 0.3) is 0 Å². The molecule has 0 radical (unpaired) electrons. The van der Waals surface area contributed by atoms with Crippen LogP contribution in [0, 0.1) is 0 Å². The van der Waals surface area contributed by atoms with Gasteiger partial charge in [-0.15, -0.1) is 0 Å². The van der Waals surface area contributed by atoms with Crippen molar-refractivity contribution in [3.05, 3.63) is 63.1 Å². The number of halogens is 5. The number of hydrogen-bond donors (Lipinski definition) is 1. The zero-order valence-electron chi connectivity index (χ0n) is 20.8. The molecule has 1 fully saturated rings. The molecule has 2 aromatic carbocycles. The normalized spacial score (nSPS) is 15.2. The van der Waals surface area contributed by atoms with Crippen molar-refractivity contribution in [2.45, 2.75) is 57.4 Å². The number of nitrogens with one attached hydrogen (secondary N) is 1. The number of benzene rings is 2. The van der Waals surface area contributed by atoms with E-state index >= 15 is 0 Å². The maximum absolute atomic E-state index is 13.6. The van der Waals surface area contributed by atoms with Crippen LogP contribution in [0.15, 0.2) is 46.9 Å². The molecule has 208 valence electrons. The van der Waals surface area contributed by atoms with Crippen LogP contribution in [0.1, 0.15) is 43.7 Å². The molecular weight excluding hydrogens is 611 g/mol. The first kappa shape index (κ1) is 30.2. The third-order valence-electron chi connectivity index (χ3n) is 6.33. The lowest BCUT2D eigenvalue weighted by Gasteiger charge is -2.32. The highest BCUT2D eigenvalue weighted by Gasteiger charge is 2.36. The maximum Gasteiger partial charge on any atom is 0.417 e. The molecule has 0 spiro atoms. The van der Waals surface area contributed by atoms with E-state index in [0.717, 1.165) is 48.5 Å². The third-order valence-corrected chi connectivity index (χ3v) is 8.30. The van der Waals surface area contributed by atoms with Gasteiger partial charge in [0.1, 0.15) is 12.6 Å². The van der Waals surface area contributed by atoms with Crippen molar-refractivity contribution in [2.75, 3.05) is 17.1 Å². The van der Waals surface area contributed by atoms with Crippen molar-refractivity contribution in [2.24, 2.45) is 0 Å². The van der Waals surface area contributed by atoms with Crippen molar-refractivity contribution in [3.63, 3.8) is 0 Å². The van der Waals surface area contributed by atoms with Gasteiger partial charge >= 0.3 is 6.18 Å². The predicted molar refractivity (Wildman–Crippen MR) is 143 cm³/mol. The summed E-state index contributed by atoms with van der Waals surface area (Å²) in [7, 11) is -4.20. The van der Waals surface area contributed by atoms with Crippen molar-refractivity contribution in [1.29, 1.82) is 0 Å². The number of alkyl halides is 3. The Bertz CT molecular complexity index is 1290. The summed E-state index contributed by atoms with van der Waals surface area (Å²) in [5.41, 5.74) is -0.930. The Morgan fingerprint density at radius 1 is 1.16 bits per heavy atom. The molecule has 2 amide bonds. The molecule has 1 aliphatic rings. The zero-order chi connectivity index (χ0) is 28.3. The van der Waals surface area contributed by atoms with E-state index in [9.17, 15) is 31.2 Å². The van der Waals surface area contributed by atoms with E-state index in [2.05, 4.69) is 21.2 Å². The highest BCUT2D eigenvalue weighted by atomic mass is 79.9. The van der Waals surface area contributed by atoms with E-state index in [0.29, 0.717) is 15.9 Å². The van der Waals surface area contributed by atoms with Crippen molar-refractivity contribution >= 4 is 55.1 Å². The van der Waals surface area contributed by atoms with Crippen molar-refractivity contribution < 1.29 is 31.2 Å². The van der Waals surface area contributed by atoms with E-state index in [1.807, 2.05) is 0 Å². The van der Waals surface area contributed by atoms with Crippen LogP contribution in [0.4, 0.5) is 18.9 Å². The lowest BCUT2D eigenvalue weighted by molar-refractivity contribution is -0.139. The van der Waals surface area contributed by atoms with Crippen molar-refractivity contribution in [1.82, 2.24) is 10.2 Å². The summed E-state index contributed by atoms with van der Waals surface area (Å²) in [6.07, 6.45) is -0.401. The summed E-state index contributed by atoms with van der Waals surface area (Å²) in [5, 5.41) is 2.34. The molecule has 0 saturated heterocycles. The molecule has 1 N–H and O–H groups in total.